The van der Waals surface area contributed by atoms with Crippen LogP contribution in [-0.4, -0.2) is 9.78 Å². The maximum atomic E-state index is 4.76. The molecule has 1 aromatic heterocycles. The van der Waals surface area contributed by atoms with Gasteiger partial charge in [-0.15, -0.1) is 0 Å². The van der Waals surface area contributed by atoms with Gasteiger partial charge < -0.3 is 0 Å². The van der Waals surface area contributed by atoms with Gasteiger partial charge >= 0.3 is 0 Å². The molecule has 5 aliphatic carbocycles. The van der Waals surface area contributed by atoms with Crippen LogP contribution < -0.4 is 0 Å². The SMILES string of the molecule is c1cc(-c2cc3ccc2CCc2ccc(cc2)CC3)n(C2CCCCC2)n1. The molecule has 0 saturated heterocycles. The molecule has 4 bridgehead atoms. The van der Waals surface area contributed by atoms with Crippen molar-refractivity contribution in [2.75, 3.05) is 0 Å². The summed E-state index contributed by atoms with van der Waals surface area (Å²) in [6.45, 7) is 0. The van der Waals surface area contributed by atoms with Crippen molar-refractivity contribution in [1.29, 1.82) is 0 Å². The van der Waals surface area contributed by atoms with E-state index in [4.69, 9.17) is 5.10 Å². The molecule has 0 amide bonds. The van der Waals surface area contributed by atoms with Crippen LogP contribution in [-0.2, 0) is 25.7 Å². The van der Waals surface area contributed by atoms with Gasteiger partial charge in [0.15, 0.2) is 0 Å². The summed E-state index contributed by atoms with van der Waals surface area (Å²) >= 11 is 0. The zero-order chi connectivity index (χ0) is 18.1. The van der Waals surface area contributed by atoms with Crippen molar-refractivity contribution in [2.45, 2.75) is 63.8 Å². The van der Waals surface area contributed by atoms with Crippen molar-refractivity contribution >= 4 is 0 Å². The first-order valence-corrected chi connectivity index (χ1v) is 10.6. The van der Waals surface area contributed by atoms with Gasteiger partial charge in [0.25, 0.3) is 0 Å². The van der Waals surface area contributed by atoms with E-state index in [2.05, 4.69) is 53.2 Å². The summed E-state index contributed by atoms with van der Waals surface area (Å²) in [6.07, 6.45) is 13.0. The van der Waals surface area contributed by atoms with Crippen LogP contribution in [0.1, 0.15) is 60.4 Å². The third-order valence-electron chi connectivity index (χ3n) is 6.45. The fourth-order valence-electron chi connectivity index (χ4n) is 4.82. The molecule has 1 saturated carbocycles. The second kappa shape index (κ2) is 7.34. The van der Waals surface area contributed by atoms with Gasteiger partial charge in [0.2, 0.25) is 0 Å². The largest absolute Gasteiger partial charge is 0.262 e. The van der Waals surface area contributed by atoms with Crippen molar-refractivity contribution in [3.8, 4) is 11.3 Å². The van der Waals surface area contributed by atoms with Gasteiger partial charge in [-0.25, -0.2) is 0 Å². The molecule has 0 atom stereocenters. The van der Waals surface area contributed by atoms with Gasteiger partial charge in [-0.2, -0.15) is 5.10 Å². The average molecular weight is 357 g/mol. The van der Waals surface area contributed by atoms with E-state index in [1.54, 1.807) is 0 Å². The standard InChI is InChI=1S/C25H28N2/c1-2-4-23(5-3-1)27-25(16-17-26-27)24-18-21-11-10-19-6-8-20(9-7-19)12-14-22(24)15-13-21/h6-9,13,15-18,23H,1-5,10-12,14H2. The number of hydrogen-bond acceptors (Lipinski definition) is 1. The number of rotatable bonds is 2. The van der Waals surface area contributed by atoms with Crippen LogP contribution in [0.2, 0.25) is 0 Å². The molecule has 1 heterocycles. The fourth-order valence-corrected chi connectivity index (χ4v) is 4.82. The van der Waals surface area contributed by atoms with Crippen LogP contribution in [0.25, 0.3) is 11.3 Å². The lowest BCUT2D eigenvalue weighted by Crippen LogP contribution is -2.15. The van der Waals surface area contributed by atoms with E-state index >= 15 is 0 Å². The summed E-state index contributed by atoms with van der Waals surface area (Å²) in [7, 11) is 0. The summed E-state index contributed by atoms with van der Waals surface area (Å²) in [5.41, 5.74) is 8.51. The van der Waals surface area contributed by atoms with Crippen molar-refractivity contribution in [3.05, 3.63) is 77.0 Å². The van der Waals surface area contributed by atoms with Crippen molar-refractivity contribution in [3.63, 3.8) is 0 Å². The summed E-state index contributed by atoms with van der Waals surface area (Å²) in [4.78, 5) is 0. The lowest BCUT2D eigenvalue weighted by molar-refractivity contribution is 0.332. The molecule has 1 fully saturated rings. The summed E-state index contributed by atoms with van der Waals surface area (Å²) in [6, 6.07) is 19.2. The molecule has 0 radical (unpaired) electrons. The molecule has 0 spiro atoms. The Kier molecular flexibility index (Phi) is 4.57. The van der Waals surface area contributed by atoms with Crippen LogP contribution in [0.15, 0.2) is 54.7 Å². The molecule has 0 unspecified atom stereocenters. The number of benzene rings is 2. The molecule has 2 heteroatoms. The van der Waals surface area contributed by atoms with E-state index in [-0.39, 0.29) is 0 Å². The predicted molar refractivity (Wildman–Crippen MR) is 111 cm³/mol. The van der Waals surface area contributed by atoms with Crippen LogP contribution >= 0.6 is 0 Å². The van der Waals surface area contributed by atoms with E-state index in [0.29, 0.717) is 6.04 Å². The molecule has 3 aromatic rings. The van der Waals surface area contributed by atoms with Crippen molar-refractivity contribution in [1.82, 2.24) is 9.78 Å². The first kappa shape index (κ1) is 16.8. The maximum absolute atomic E-state index is 4.76. The minimum Gasteiger partial charge on any atom is -0.262 e. The Labute approximate surface area is 162 Å². The molecule has 138 valence electrons. The number of aryl methyl sites for hydroxylation is 4. The van der Waals surface area contributed by atoms with Crippen molar-refractivity contribution in [2.24, 2.45) is 0 Å². The van der Waals surface area contributed by atoms with E-state index in [1.165, 1.54) is 65.6 Å². The lowest BCUT2D eigenvalue weighted by atomic mass is 9.91. The molecule has 27 heavy (non-hydrogen) atoms. The molecule has 5 aliphatic rings. The van der Waals surface area contributed by atoms with Gasteiger partial charge in [-0.3, -0.25) is 4.68 Å². The Morgan fingerprint density at radius 1 is 0.704 bits per heavy atom. The van der Waals surface area contributed by atoms with E-state index in [1.807, 2.05) is 6.20 Å². The van der Waals surface area contributed by atoms with Gasteiger partial charge in [0.1, 0.15) is 0 Å². The Morgan fingerprint density at radius 2 is 1.37 bits per heavy atom. The molecule has 8 rings (SSSR count). The summed E-state index contributed by atoms with van der Waals surface area (Å²) < 4.78 is 2.33. The van der Waals surface area contributed by atoms with Gasteiger partial charge in [0.05, 0.1) is 11.7 Å². The minimum absolute atomic E-state index is 0.575. The molecule has 0 N–H and O–H groups in total. The maximum Gasteiger partial charge on any atom is 0.0688 e. The summed E-state index contributed by atoms with van der Waals surface area (Å²) in [5.74, 6) is 0. The second-order valence-electron chi connectivity index (χ2n) is 8.26. The average Bonchev–Trinajstić information content (AvgIpc) is 3.20. The molecule has 2 nitrogen and oxygen atoms in total. The summed E-state index contributed by atoms with van der Waals surface area (Å²) in [5, 5.41) is 4.76. The van der Waals surface area contributed by atoms with E-state index in [9.17, 15) is 0 Å². The van der Waals surface area contributed by atoms with Gasteiger partial charge in [-0.05, 0) is 72.9 Å². The molecular weight excluding hydrogens is 328 g/mol. The lowest BCUT2D eigenvalue weighted by Gasteiger charge is -2.25. The highest BCUT2D eigenvalue weighted by molar-refractivity contribution is 5.65. The van der Waals surface area contributed by atoms with E-state index < -0.39 is 0 Å². The smallest absolute Gasteiger partial charge is 0.0688 e. The first-order valence-electron chi connectivity index (χ1n) is 10.6. The Hall–Kier alpha value is -2.35. The van der Waals surface area contributed by atoms with Crippen LogP contribution in [0.3, 0.4) is 0 Å². The minimum atomic E-state index is 0.575. The first-order chi connectivity index (χ1) is 13.4. The highest BCUT2D eigenvalue weighted by atomic mass is 15.3. The Morgan fingerprint density at radius 3 is 2.15 bits per heavy atom. The van der Waals surface area contributed by atoms with Crippen LogP contribution in [0, 0.1) is 0 Å². The Balaban J connectivity index is 1.54. The molecule has 0 aliphatic heterocycles. The van der Waals surface area contributed by atoms with Gasteiger partial charge in [0, 0.05) is 11.8 Å². The van der Waals surface area contributed by atoms with Crippen LogP contribution in [0.4, 0.5) is 0 Å². The highest BCUT2D eigenvalue weighted by Crippen LogP contribution is 2.34. The normalized spacial score (nSPS) is 17.6. The van der Waals surface area contributed by atoms with Gasteiger partial charge in [-0.1, -0.05) is 55.7 Å². The number of nitrogens with zero attached hydrogens (tertiary/aromatic N) is 2. The van der Waals surface area contributed by atoms with Crippen LogP contribution in [0.5, 0.6) is 0 Å². The van der Waals surface area contributed by atoms with Crippen molar-refractivity contribution < 1.29 is 0 Å². The Bertz CT molecular complexity index is 914. The molecular formula is C25H28N2. The quantitative estimate of drug-likeness (QED) is 0.556. The second-order valence-corrected chi connectivity index (χ2v) is 8.26. The molecule has 2 aromatic carbocycles. The third-order valence-corrected chi connectivity index (χ3v) is 6.45. The zero-order valence-electron chi connectivity index (χ0n) is 16.0. The monoisotopic (exact) mass is 356 g/mol. The topological polar surface area (TPSA) is 17.8 Å². The van der Waals surface area contributed by atoms with E-state index in [0.717, 1.165) is 25.7 Å². The number of aromatic nitrogens is 2. The fraction of sp³-hybridized carbons (Fsp3) is 0.400. The number of hydrogen-bond donors (Lipinski definition) is 0. The zero-order valence-corrected chi connectivity index (χ0v) is 16.0. The predicted octanol–water partition coefficient (Wildman–Crippen LogP) is 5.94. The third kappa shape index (κ3) is 3.45. The highest BCUT2D eigenvalue weighted by Gasteiger charge is 2.20.